The van der Waals surface area contributed by atoms with Gasteiger partial charge in [0.15, 0.2) is 44.0 Å². The second-order valence-corrected chi connectivity index (χ2v) is 32.7. The summed E-state index contributed by atoms with van der Waals surface area (Å²) in [5.74, 6) is -2.15. The molecule has 7 aliphatic heterocycles. The normalized spacial score (nSPS) is 39.4. The van der Waals surface area contributed by atoms with Crippen LogP contribution >= 0.6 is 0 Å². The Balaban J connectivity index is 1.06. The number of hydrogen-bond acceptors (Lipinski definition) is 37. The van der Waals surface area contributed by atoms with E-state index in [4.69, 9.17) is 66.3 Å². The maximum absolute atomic E-state index is 13.5. The summed E-state index contributed by atoms with van der Waals surface area (Å²) in [7, 11) is 0. The standard InChI is InChI=1S/C80H143N3O37/c1-6-8-10-12-14-16-18-20-22-24-26-28-30-32-45(92)44(83-52(93)33-31-29-27-25-23-21-19-17-15-13-11-9-7-2)40-107-77-63(102)61(100)67(49(37-87)112-77)116-78-64(103)62(101)68(50(38-88)113-78)117-80-66(105)72(120-75-53(81-42(4)90)59(98)56(95)46(34-84)109-75)69(51(39-89)114-80)118-76-54(82-43(5)91)70(57(96)47(35-85)110-76)119-79-65(104)71(58(97)48(36-86)111-79)115-73-60(99)55(94)41(3)108-74(73)106/h30,32,41,44-51,53-80,84-89,92,94-106H,6-29,31,33-40H2,1-5H3,(H,81,90)(H,82,91)(H,83,93)/b32-30+/t41?,44-,45+,46?,47?,48?,49?,50?,51?,53?,54?,55+,56-,57-,58-,59+,60?,61+,62+,63?,64?,65?,66?,67+,68-,69-,70+,71-,72+,73-,74+,75-,76-,77+,78-,79-,80-/m0/s1. The highest BCUT2D eigenvalue weighted by atomic mass is 16.8. The number of unbranched alkanes of at least 4 members (excludes halogenated alkanes) is 23. The van der Waals surface area contributed by atoms with E-state index >= 15 is 0 Å². The van der Waals surface area contributed by atoms with Gasteiger partial charge >= 0.3 is 0 Å². The van der Waals surface area contributed by atoms with Crippen LogP contribution in [0.2, 0.25) is 0 Å². The van der Waals surface area contributed by atoms with Crippen molar-refractivity contribution in [3.63, 3.8) is 0 Å². The number of rotatable bonds is 52. The summed E-state index contributed by atoms with van der Waals surface area (Å²) in [5, 5.41) is 233. The highest BCUT2D eigenvalue weighted by Crippen LogP contribution is 2.40. The summed E-state index contributed by atoms with van der Waals surface area (Å²) in [4.78, 5) is 39.6. The lowest BCUT2D eigenvalue weighted by Gasteiger charge is -2.52. The van der Waals surface area contributed by atoms with Crippen molar-refractivity contribution in [2.75, 3.05) is 46.2 Å². The molecule has 7 heterocycles. The van der Waals surface area contributed by atoms with Crippen LogP contribution in [0.4, 0.5) is 0 Å². The van der Waals surface area contributed by atoms with Crippen LogP contribution in [0.5, 0.6) is 0 Å². The van der Waals surface area contributed by atoms with Gasteiger partial charge in [-0.05, 0) is 26.2 Å². The molecule has 0 radical (unpaired) electrons. The van der Waals surface area contributed by atoms with Gasteiger partial charge in [0.2, 0.25) is 17.7 Å². The summed E-state index contributed by atoms with van der Waals surface area (Å²) < 4.78 is 83.7. The SMILES string of the molecule is CCCCCCCCCCCCC/C=C/[C@@H](O)[C@H](CO[C@@H]1OC(CO)[C@@H](O[C@@H]2OC(CO)[C@H](O[C@@H]3OC(CO)[C@H](O[C@@H]4OC(CO)[C@H](O)[C@H](O[C@@H]5OC(CO)[C@H](O)[C@H](O[C@H]6C(O)[C@H](O)C(C)O[C@H]6O)C5O)C4NC(C)=O)[C@H](O[C@@H]4OC(CO)[C@H](O)[C@H](O)C4NC(C)=O)C3O)[C@H](O)C2O)[C@H](O)C1O)NC(=O)CCCCCCCCCCCCCCC. The van der Waals surface area contributed by atoms with Gasteiger partial charge in [0, 0.05) is 20.3 Å². The van der Waals surface area contributed by atoms with E-state index in [9.17, 15) is 117 Å². The molecule has 7 rings (SSSR count). The highest BCUT2D eigenvalue weighted by Gasteiger charge is 2.60. The third kappa shape index (κ3) is 29.7. The first-order valence-corrected chi connectivity index (χ1v) is 43.3. The molecule has 7 saturated heterocycles. The van der Waals surface area contributed by atoms with Crippen molar-refractivity contribution in [2.45, 2.75) is 429 Å². The topological polar surface area (TPSA) is 621 Å². The van der Waals surface area contributed by atoms with E-state index in [1.54, 1.807) is 6.08 Å². The predicted octanol–water partition coefficient (Wildman–Crippen LogP) is -4.35. The molecule has 40 nitrogen and oxygen atoms in total. The minimum atomic E-state index is -2.43. The zero-order chi connectivity index (χ0) is 87.9. The molecule has 7 fully saturated rings. The Hall–Kier alpha value is -3.21. The average molecular weight is 1740 g/mol. The van der Waals surface area contributed by atoms with Gasteiger partial charge in [-0.3, -0.25) is 14.4 Å². The first kappa shape index (κ1) is 104. The molecule has 40 heteroatoms. The summed E-state index contributed by atoms with van der Waals surface area (Å²) in [6.45, 7) is 0.787. The molecule has 700 valence electrons. The van der Waals surface area contributed by atoms with E-state index in [-0.39, 0.29) is 12.3 Å². The van der Waals surface area contributed by atoms with E-state index in [0.717, 1.165) is 65.2 Å². The molecule has 0 aliphatic carbocycles. The fraction of sp³-hybridized carbons (Fsp3) is 0.938. The molecule has 14 unspecified atom stereocenters. The maximum Gasteiger partial charge on any atom is 0.220 e. The highest BCUT2D eigenvalue weighted by molar-refractivity contribution is 5.76. The van der Waals surface area contributed by atoms with Crippen LogP contribution < -0.4 is 16.0 Å². The molecule has 0 aromatic rings. The number of aliphatic hydroxyl groups is 20. The van der Waals surface area contributed by atoms with Gasteiger partial charge in [0.25, 0.3) is 0 Å². The van der Waals surface area contributed by atoms with E-state index < -0.39 is 285 Å². The number of amides is 3. The van der Waals surface area contributed by atoms with Crippen molar-refractivity contribution in [2.24, 2.45) is 0 Å². The van der Waals surface area contributed by atoms with E-state index in [2.05, 4.69) is 29.8 Å². The number of carbonyl (C=O) groups excluding carboxylic acids is 3. The maximum atomic E-state index is 13.5. The van der Waals surface area contributed by atoms with Crippen LogP contribution in [0.15, 0.2) is 12.2 Å². The summed E-state index contributed by atoms with van der Waals surface area (Å²) in [6.07, 6.45) is -35.2. The monoisotopic (exact) mass is 1740 g/mol. The Kier molecular flexibility index (Phi) is 46.3. The number of aliphatic hydroxyl groups excluding tert-OH is 20. The van der Waals surface area contributed by atoms with Gasteiger partial charge in [-0.15, -0.1) is 0 Å². The molecule has 37 atom stereocenters. The summed E-state index contributed by atoms with van der Waals surface area (Å²) in [5.41, 5.74) is 0. The number of allylic oxidation sites excluding steroid dienone is 1. The number of hydrogen-bond donors (Lipinski definition) is 23. The van der Waals surface area contributed by atoms with E-state index in [1.807, 2.05) is 6.08 Å². The van der Waals surface area contributed by atoms with Gasteiger partial charge in [-0.25, -0.2) is 0 Å². The smallest absolute Gasteiger partial charge is 0.220 e. The van der Waals surface area contributed by atoms with Crippen molar-refractivity contribution >= 4 is 17.7 Å². The first-order chi connectivity index (χ1) is 57.5. The Bertz CT molecular complexity index is 2870. The van der Waals surface area contributed by atoms with Crippen LogP contribution in [-0.2, 0) is 80.7 Å². The molecular formula is C80H143N3O37. The minimum absolute atomic E-state index is 0.159. The Morgan fingerprint density at radius 3 is 1.21 bits per heavy atom. The van der Waals surface area contributed by atoms with Crippen LogP contribution in [0, 0.1) is 0 Å². The van der Waals surface area contributed by atoms with E-state index in [0.29, 0.717) is 12.8 Å². The Labute approximate surface area is 700 Å². The molecule has 0 spiro atoms. The fourth-order valence-electron chi connectivity index (χ4n) is 16.2. The molecule has 0 saturated carbocycles. The van der Waals surface area contributed by atoms with Crippen molar-refractivity contribution in [3.05, 3.63) is 12.2 Å². The quantitative estimate of drug-likeness (QED) is 0.0202. The van der Waals surface area contributed by atoms with Gasteiger partial charge in [-0.1, -0.05) is 167 Å². The third-order valence-electron chi connectivity index (χ3n) is 23.3. The zero-order valence-corrected chi connectivity index (χ0v) is 69.7. The second kappa shape index (κ2) is 53.6. The molecule has 120 heavy (non-hydrogen) atoms. The van der Waals surface area contributed by atoms with Crippen LogP contribution in [0.1, 0.15) is 202 Å². The average Bonchev–Trinajstić information content (AvgIpc) is 0.764. The van der Waals surface area contributed by atoms with Crippen molar-refractivity contribution in [1.82, 2.24) is 16.0 Å². The van der Waals surface area contributed by atoms with Crippen LogP contribution in [0.25, 0.3) is 0 Å². The molecular weight excluding hydrogens is 1590 g/mol. The lowest BCUT2D eigenvalue weighted by molar-refractivity contribution is -0.399. The first-order valence-electron chi connectivity index (χ1n) is 43.3. The molecule has 0 bridgehead atoms. The lowest BCUT2D eigenvalue weighted by Crippen LogP contribution is -2.71. The van der Waals surface area contributed by atoms with Gasteiger partial charge < -0.3 is 184 Å². The third-order valence-corrected chi connectivity index (χ3v) is 23.3. The number of ether oxygens (including phenoxy) is 14. The fourth-order valence-corrected chi connectivity index (χ4v) is 16.2. The van der Waals surface area contributed by atoms with Crippen molar-refractivity contribution < 1.29 is 183 Å². The zero-order valence-electron chi connectivity index (χ0n) is 69.7. The van der Waals surface area contributed by atoms with Crippen LogP contribution in [0.3, 0.4) is 0 Å². The van der Waals surface area contributed by atoms with Crippen molar-refractivity contribution in [3.8, 4) is 0 Å². The van der Waals surface area contributed by atoms with Gasteiger partial charge in [0.05, 0.1) is 64.5 Å². The largest absolute Gasteiger partial charge is 0.394 e. The predicted molar refractivity (Wildman–Crippen MR) is 416 cm³/mol. The molecule has 0 aromatic heterocycles. The summed E-state index contributed by atoms with van der Waals surface area (Å²) in [6, 6.07) is -4.82. The molecule has 3 amide bonds. The Morgan fingerprint density at radius 2 is 0.717 bits per heavy atom. The minimum Gasteiger partial charge on any atom is -0.394 e. The molecule has 0 aromatic carbocycles. The molecule has 7 aliphatic rings. The van der Waals surface area contributed by atoms with Crippen LogP contribution in [-0.4, -0.2) is 393 Å². The second-order valence-electron chi connectivity index (χ2n) is 32.7. The molecule has 23 N–H and O–H groups in total. The lowest BCUT2D eigenvalue weighted by atomic mass is 9.93. The number of carbonyl (C=O) groups is 3. The van der Waals surface area contributed by atoms with Crippen molar-refractivity contribution in [1.29, 1.82) is 0 Å². The summed E-state index contributed by atoms with van der Waals surface area (Å²) >= 11 is 0. The number of nitrogens with one attached hydrogen (secondary N) is 3. The van der Waals surface area contributed by atoms with E-state index in [1.165, 1.54) is 103 Å². The van der Waals surface area contributed by atoms with Gasteiger partial charge in [-0.2, -0.15) is 0 Å². The van der Waals surface area contributed by atoms with Gasteiger partial charge in [0.1, 0.15) is 165 Å². The Morgan fingerprint density at radius 1 is 0.350 bits per heavy atom.